The van der Waals surface area contributed by atoms with Crippen LogP contribution in [0, 0.1) is 12.8 Å². The van der Waals surface area contributed by atoms with Crippen molar-refractivity contribution in [3.63, 3.8) is 0 Å². The van der Waals surface area contributed by atoms with Crippen molar-refractivity contribution in [2.75, 3.05) is 13.1 Å². The van der Waals surface area contributed by atoms with Gasteiger partial charge in [-0.25, -0.2) is 9.97 Å². The van der Waals surface area contributed by atoms with Gasteiger partial charge >= 0.3 is 0 Å². The molecule has 160 valence electrons. The topological polar surface area (TPSA) is 75.2 Å². The number of amides is 2. The van der Waals surface area contributed by atoms with Crippen LogP contribution in [0.5, 0.6) is 0 Å². The molecule has 0 radical (unpaired) electrons. The third-order valence-corrected chi connectivity index (χ3v) is 5.86. The van der Waals surface area contributed by atoms with E-state index in [-0.39, 0.29) is 17.7 Å². The standard InChI is InChI=1S/C24H32N4O2/c1-4-28(5-2)24(30)21-16-25-17(3)27-22(21)19-13-11-18(12-14-19)15-26-23(29)20-9-7-6-8-10-20/h11-14,16,20H,4-10,15H2,1-3H3,(H,26,29). The van der Waals surface area contributed by atoms with Gasteiger partial charge in [0, 0.05) is 37.3 Å². The molecule has 2 aromatic rings. The fraction of sp³-hybridized carbons (Fsp3) is 0.500. The molecule has 1 heterocycles. The van der Waals surface area contributed by atoms with E-state index in [0.29, 0.717) is 36.7 Å². The summed E-state index contributed by atoms with van der Waals surface area (Å²) in [6.07, 6.45) is 7.17. The number of rotatable bonds is 7. The maximum Gasteiger partial charge on any atom is 0.257 e. The molecule has 30 heavy (non-hydrogen) atoms. The summed E-state index contributed by atoms with van der Waals surface area (Å²) in [5, 5.41) is 3.07. The predicted molar refractivity (Wildman–Crippen MR) is 118 cm³/mol. The minimum Gasteiger partial charge on any atom is -0.352 e. The molecule has 0 aliphatic heterocycles. The molecule has 0 unspecified atom stereocenters. The van der Waals surface area contributed by atoms with Crippen LogP contribution in [0.4, 0.5) is 0 Å². The summed E-state index contributed by atoms with van der Waals surface area (Å²) in [5.41, 5.74) is 3.07. The molecule has 1 aliphatic rings. The average Bonchev–Trinajstić information content (AvgIpc) is 2.79. The van der Waals surface area contributed by atoms with Crippen molar-refractivity contribution in [3.05, 3.63) is 47.4 Å². The fourth-order valence-electron chi connectivity index (χ4n) is 4.01. The molecule has 1 aromatic heterocycles. The Hall–Kier alpha value is -2.76. The van der Waals surface area contributed by atoms with Crippen molar-refractivity contribution in [2.45, 2.75) is 59.4 Å². The summed E-state index contributed by atoms with van der Waals surface area (Å²) in [6.45, 7) is 7.55. The number of nitrogens with zero attached hydrogens (tertiary/aromatic N) is 3. The van der Waals surface area contributed by atoms with Gasteiger partial charge in [-0.3, -0.25) is 9.59 Å². The molecule has 1 saturated carbocycles. The minimum atomic E-state index is -0.0566. The molecule has 3 rings (SSSR count). The lowest BCUT2D eigenvalue weighted by Gasteiger charge is -2.21. The second-order valence-electron chi connectivity index (χ2n) is 7.91. The van der Waals surface area contributed by atoms with E-state index >= 15 is 0 Å². The molecule has 0 bridgehead atoms. The van der Waals surface area contributed by atoms with Gasteiger partial charge in [0.15, 0.2) is 0 Å². The first-order valence-corrected chi connectivity index (χ1v) is 11.0. The molecule has 1 fully saturated rings. The van der Waals surface area contributed by atoms with Crippen molar-refractivity contribution in [3.8, 4) is 11.3 Å². The molecular formula is C24H32N4O2. The summed E-state index contributed by atoms with van der Waals surface area (Å²) < 4.78 is 0. The van der Waals surface area contributed by atoms with E-state index in [2.05, 4.69) is 15.3 Å². The van der Waals surface area contributed by atoms with Gasteiger partial charge in [-0.15, -0.1) is 0 Å². The lowest BCUT2D eigenvalue weighted by atomic mass is 9.88. The monoisotopic (exact) mass is 408 g/mol. The first kappa shape index (κ1) is 21.9. The third-order valence-electron chi connectivity index (χ3n) is 5.86. The lowest BCUT2D eigenvalue weighted by Crippen LogP contribution is -2.31. The molecule has 1 N–H and O–H groups in total. The number of nitrogens with one attached hydrogen (secondary N) is 1. The smallest absolute Gasteiger partial charge is 0.257 e. The Morgan fingerprint density at radius 2 is 1.73 bits per heavy atom. The normalized spacial score (nSPS) is 14.4. The molecule has 6 nitrogen and oxygen atoms in total. The quantitative estimate of drug-likeness (QED) is 0.747. The van der Waals surface area contributed by atoms with Crippen LogP contribution in [0.25, 0.3) is 11.3 Å². The highest BCUT2D eigenvalue weighted by Crippen LogP contribution is 2.25. The van der Waals surface area contributed by atoms with Crippen molar-refractivity contribution < 1.29 is 9.59 Å². The minimum absolute atomic E-state index is 0.0566. The van der Waals surface area contributed by atoms with Crippen LogP contribution in [0.15, 0.2) is 30.5 Å². The number of benzene rings is 1. The number of hydrogen-bond acceptors (Lipinski definition) is 4. The Bertz CT molecular complexity index is 869. The summed E-state index contributed by atoms with van der Waals surface area (Å²) in [6, 6.07) is 7.89. The van der Waals surface area contributed by atoms with Crippen LogP contribution in [0.3, 0.4) is 0 Å². The van der Waals surface area contributed by atoms with Crippen LogP contribution in [0.2, 0.25) is 0 Å². The van der Waals surface area contributed by atoms with Crippen LogP contribution < -0.4 is 5.32 Å². The largest absolute Gasteiger partial charge is 0.352 e. The summed E-state index contributed by atoms with van der Waals surface area (Å²) in [7, 11) is 0. The fourth-order valence-corrected chi connectivity index (χ4v) is 4.01. The lowest BCUT2D eigenvalue weighted by molar-refractivity contribution is -0.126. The molecule has 1 aliphatic carbocycles. The highest BCUT2D eigenvalue weighted by atomic mass is 16.2. The highest BCUT2D eigenvalue weighted by Gasteiger charge is 2.21. The van der Waals surface area contributed by atoms with Crippen LogP contribution in [-0.4, -0.2) is 39.8 Å². The van der Waals surface area contributed by atoms with E-state index in [0.717, 1.165) is 36.8 Å². The van der Waals surface area contributed by atoms with E-state index < -0.39 is 0 Å². The third kappa shape index (κ3) is 5.23. The van der Waals surface area contributed by atoms with Crippen LogP contribution >= 0.6 is 0 Å². The van der Waals surface area contributed by atoms with Gasteiger partial charge in [0.1, 0.15) is 5.82 Å². The van der Waals surface area contributed by atoms with Crippen molar-refractivity contribution in [2.24, 2.45) is 5.92 Å². The Kier molecular flexibility index (Phi) is 7.55. The van der Waals surface area contributed by atoms with Crippen molar-refractivity contribution in [1.29, 1.82) is 0 Å². The number of aromatic nitrogens is 2. The van der Waals surface area contributed by atoms with E-state index in [4.69, 9.17) is 0 Å². The highest BCUT2D eigenvalue weighted by molar-refractivity contribution is 5.99. The summed E-state index contributed by atoms with van der Waals surface area (Å²) in [5.74, 6) is 0.900. The molecule has 0 atom stereocenters. The predicted octanol–water partition coefficient (Wildman–Crippen LogP) is 4.13. The average molecular weight is 409 g/mol. The van der Waals surface area contributed by atoms with E-state index in [1.165, 1.54) is 6.42 Å². The van der Waals surface area contributed by atoms with Crippen molar-refractivity contribution in [1.82, 2.24) is 20.2 Å². The number of aryl methyl sites for hydroxylation is 1. The number of carbonyl (C=O) groups is 2. The van der Waals surface area contributed by atoms with Gasteiger partial charge in [0.25, 0.3) is 5.91 Å². The zero-order valence-electron chi connectivity index (χ0n) is 18.3. The van der Waals surface area contributed by atoms with E-state index in [1.807, 2.05) is 45.0 Å². The van der Waals surface area contributed by atoms with Crippen molar-refractivity contribution >= 4 is 11.8 Å². The Balaban J connectivity index is 1.73. The SMILES string of the molecule is CCN(CC)C(=O)c1cnc(C)nc1-c1ccc(CNC(=O)C2CCCCC2)cc1. The Labute approximate surface area is 179 Å². The second kappa shape index (κ2) is 10.3. The molecule has 0 saturated heterocycles. The van der Waals surface area contributed by atoms with E-state index in [9.17, 15) is 9.59 Å². The maximum atomic E-state index is 12.9. The van der Waals surface area contributed by atoms with Gasteiger partial charge in [-0.1, -0.05) is 43.5 Å². The molecule has 6 heteroatoms. The van der Waals surface area contributed by atoms with Crippen LogP contribution in [0.1, 0.15) is 67.7 Å². The zero-order chi connectivity index (χ0) is 21.5. The summed E-state index contributed by atoms with van der Waals surface area (Å²) in [4.78, 5) is 35.8. The molecule has 1 aromatic carbocycles. The zero-order valence-corrected chi connectivity index (χ0v) is 18.3. The summed E-state index contributed by atoms with van der Waals surface area (Å²) >= 11 is 0. The van der Waals surface area contributed by atoms with Gasteiger partial charge in [-0.2, -0.15) is 0 Å². The van der Waals surface area contributed by atoms with Crippen LogP contribution in [-0.2, 0) is 11.3 Å². The second-order valence-corrected chi connectivity index (χ2v) is 7.91. The maximum absolute atomic E-state index is 12.9. The Morgan fingerprint density at radius 3 is 2.37 bits per heavy atom. The first-order valence-electron chi connectivity index (χ1n) is 11.0. The number of carbonyl (C=O) groups excluding carboxylic acids is 2. The van der Waals surface area contributed by atoms with Gasteiger partial charge < -0.3 is 10.2 Å². The van der Waals surface area contributed by atoms with Gasteiger partial charge in [0.2, 0.25) is 5.91 Å². The van der Waals surface area contributed by atoms with Gasteiger partial charge in [0.05, 0.1) is 11.3 Å². The molecular weight excluding hydrogens is 376 g/mol. The first-order chi connectivity index (χ1) is 14.5. The Morgan fingerprint density at radius 1 is 1.07 bits per heavy atom. The molecule has 2 amide bonds. The van der Waals surface area contributed by atoms with Gasteiger partial charge in [-0.05, 0) is 39.2 Å². The number of hydrogen-bond donors (Lipinski definition) is 1. The molecule has 0 spiro atoms. The van der Waals surface area contributed by atoms with E-state index in [1.54, 1.807) is 11.1 Å².